The number of hydrogen-bond acceptors (Lipinski definition) is 8. The maximum Gasteiger partial charge on any atom is 0.260 e. The minimum absolute atomic E-state index is 0.0712. The standard InChI is InChI=1S/C42H39N3O7/c1-24-8-12-27(13-9-24)43-45-39(49)34-23-32-30(17-18-31-36(32)40(50)44(38(31)48)21-20-25-10-14-28(46)15-11-25)37(33-22-29(52-2)16-19-35(33)47)42(34,41(45)51)26-6-4-3-5-7-26/h3-17,19,22,31-32,34,36-37,43,46-47H,18,20-21,23H2,1-2H3/t31-,32+,34-,36-,37+,42+/m0/s1. The molecule has 2 heterocycles. The fourth-order valence-electron chi connectivity index (χ4n) is 9.17. The Morgan fingerprint density at radius 1 is 0.846 bits per heavy atom. The number of aromatic hydroxyl groups is 2. The van der Waals surface area contributed by atoms with Crippen LogP contribution in [0, 0.1) is 30.6 Å². The summed E-state index contributed by atoms with van der Waals surface area (Å²) in [5, 5.41) is 22.4. The number of benzene rings is 4. The van der Waals surface area contributed by atoms with Crippen LogP contribution in [0.1, 0.15) is 41.0 Å². The lowest BCUT2D eigenvalue weighted by atomic mass is 9.49. The highest BCUT2D eigenvalue weighted by atomic mass is 16.5. The van der Waals surface area contributed by atoms with E-state index in [1.807, 2.05) is 55.5 Å². The molecule has 0 spiro atoms. The van der Waals surface area contributed by atoms with E-state index >= 15 is 4.79 Å². The number of likely N-dealkylation sites (tertiary alicyclic amines) is 1. The zero-order chi connectivity index (χ0) is 36.3. The Labute approximate surface area is 301 Å². The number of hydrazine groups is 1. The molecule has 8 rings (SSSR count). The minimum Gasteiger partial charge on any atom is -0.508 e. The van der Waals surface area contributed by atoms with Crippen LogP contribution in [-0.4, -0.2) is 57.4 Å². The molecule has 4 aromatic rings. The van der Waals surface area contributed by atoms with Gasteiger partial charge in [0.15, 0.2) is 0 Å². The van der Waals surface area contributed by atoms with Crippen LogP contribution in [0.2, 0.25) is 0 Å². The molecule has 6 atom stereocenters. The number of phenolic OH excluding ortho intramolecular Hbond substituents is 2. The van der Waals surface area contributed by atoms with Crippen molar-refractivity contribution in [1.29, 1.82) is 0 Å². The Kier molecular flexibility index (Phi) is 8.12. The number of carbonyl (C=O) groups excluding carboxylic acids is 4. The number of carbonyl (C=O) groups is 4. The highest BCUT2D eigenvalue weighted by Crippen LogP contribution is 2.65. The summed E-state index contributed by atoms with van der Waals surface area (Å²) in [6, 6.07) is 28.1. The first kappa shape index (κ1) is 33.3. The van der Waals surface area contributed by atoms with Gasteiger partial charge in [-0.3, -0.25) is 29.5 Å². The summed E-state index contributed by atoms with van der Waals surface area (Å²) < 4.78 is 5.60. The monoisotopic (exact) mass is 697 g/mol. The van der Waals surface area contributed by atoms with Gasteiger partial charge in [0, 0.05) is 18.0 Å². The van der Waals surface area contributed by atoms with Gasteiger partial charge in [-0.05, 0) is 85.7 Å². The molecular formula is C42H39N3O7. The van der Waals surface area contributed by atoms with E-state index in [9.17, 15) is 24.6 Å². The SMILES string of the molecule is COc1ccc(O)c([C@H]2C3=CC[C@@H]4C(=O)N(CCc5ccc(O)cc5)C(=O)[C@@H]4[C@@H]3C[C@H]3C(=O)N(Nc4ccc(C)cc4)C(=O)[C@@]23c2ccccc2)c1. The van der Waals surface area contributed by atoms with Gasteiger partial charge in [0.05, 0.1) is 36.0 Å². The lowest BCUT2D eigenvalue weighted by Crippen LogP contribution is -2.53. The maximum absolute atomic E-state index is 15.3. The number of nitrogens with one attached hydrogen (secondary N) is 1. The molecule has 2 aliphatic carbocycles. The van der Waals surface area contributed by atoms with Gasteiger partial charge in [0.2, 0.25) is 11.8 Å². The second-order valence-corrected chi connectivity index (χ2v) is 14.3. The minimum atomic E-state index is -1.50. The number of fused-ring (bicyclic) bond motifs is 4. The molecule has 264 valence electrons. The van der Waals surface area contributed by atoms with Crippen molar-refractivity contribution in [2.45, 2.75) is 37.5 Å². The molecule has 0 bridgehead atoms. The summed E-state index contributed by atoms with van der Waals surface area (Å²) in [7, 11) is 1.52. The third-order valence-corrected chi connectivity index (χ3v) is 11.6. The van der Waals surface area contributed by atoms with Crippen molar-refractivity contribution in [2.75, 3.05) is 19.1 Å². The van der Waals surface area contributed by atoms with Gasteiger partial charge in [0.25, 0.3) is 11.8 Å². The molecule has 52 heavy (non-hydrogen) atoms. The van der Waals surface area contributed by atoms with Gasteiger partial charge < -0.3 is 14.9 Å². The molecule has 3 N–H and O–H groups in total. The summed E-state index contributed by atoms with van der Waals surface area (Å²) in [5.74, 6) is -4.64. The van der Waals surface area contributed by atoms with Crippen LogP contribution in [-0.2, 0) is 31.0 Å². The van der Waals surface area contributed by atoms with E-state index in [0.717, 1.165) is 21.7 Å². The normalized spacial score (nSPS) is 26.5. The number of aryl methyl sites for hydroxylation is 1. The van der Waals surface area contributed by atoms with Gasteiger partial charge in [-0.1, -0.05) is 71.8 Å². The summed E-state index contributed by atoms with van der Waals surface area (Å²) in [4.78, 5) is 59.7. The molecule has 4 amide bonds. The Balaban J connectivity index is 1.26. The first-order valence-corrected chi connectivity index (χ1v) is 17.6. The maximum atomic E-state index is 15.3. The molecule has 4 aromatic carbocycles. The van der Waals surface area contributed by atoms with Crippen LogP contribution in [0.3, 0.4) is 0 Å². The lowest BCUT2D eigenvalue weighted by molar-refractivity contribution is -0.141. The molecule has 0 aromatic heterocycles. The summed E-state index contributed by atoms with van der Waals surface area (Å²) in [6.45, 7) is 2.13. The number of anilines is 1. The second-order valence-electron chi connectivity index (χ2n) is 14.3. The van der Waals surface area contributed by atoms with Gasteiger partial charge in [-0.25, -0.2) is 0 Å². The van der Waals surface area contributed by atoms with E-state index < -0.39 is 46.8 Å². The van der Waals surface area contributed by atoms with Gasteiger partial charge in [-0.2, -0.15) is 5.01 Å². The van der Waals surface area contributed by atoms with Crippen molar-refractivity contribution in [3.8, 4) is 17.2 Å². The zero-order valence-corrected chi connectivity index (χ0v) is 28.9. The number of imide groups is 2. The fraction of sp³-hybridized carbons (Fsp3) is 0.286. The summed E-state index contributed by atoms with van der Waals surface area (Å²) in [6.07, 6.45) is 2.83. The third kappa shape index (κ3) is 5.07. The van der Waals surface area contributed by atoms with Crippen molar-refractivity contribution >= 4 is 29.3 Å². The lowest BCUT2D eigenvalue weighted by Gasteiger charge is -2.50. The third-order valence-electron chi connectivity index (χ3n) is 11.6. The van der Waals surface area contributed by atoms with Gasteiger partial charge in [0.1, 0.15) is 17.2 Å². The van der Waals surface area contributed by atoms with E-state index in [2.05, 4.69) is 5.43 Å². The number of hydrogen-bond donors (Lipinski definition) is 3. The van der Waals surface area contributed by atoms with E-state index in [1.165, 1.54) is 18.1 Å². The van der Waals surface area contributed by atoms with E-state index in [4.69, 9.17) is 4.74 Å². The number of nitrogens with zero attached hydrogens (tertiary/aromatic N) is 2. The van der Waals surface area contributed by atoms with Crippen molar-refractivity contribution in [2.24, 2.45) is 23.7 Å². The highest BCUT2D eigenvalue weighted by Gasteiger charge is 2.70. The van der Waals surface area contributed by atoms with Gasteiger partial charge >= 0.3 is 0 Å². The molecule has 2 saturated heterocycles. The first-order valence-electron chi connectivity index (χ1n) is 17.6. The first-order chi connectivity index (χ1) is 25.1. The summed E-state index contributed by atoms with van der Waals surface area (Å²) >= 11 is 0. The van der Waals surface area contributed by atoms with Crippen LogP contribution in [0.15, 0.2) is 109 Å². The molecule has 2 aliphatic heterocycles. The average Bonchev–Trinajstić information content (AvgIpc) is 3.53. The Morgan fingerprint density at radius 2 is 1.58 bits per heavy atom. The molecule has 4 aliphatic rings. The largest absolute Gasteiger partial charge is 0.508 e. The topological polar surface area (TPSA) is 136 Å². The van der Waals surface area contributed by atoms with E-state index in [-0.39, 0.29) is 42.7 Å². The molecule has 3 fully saturated rings. The predicted molar refractivity (Wildman–Crippen MR) is 192 cm³/mol. The van der Waals surface area contributed by atoms with Gasteiger partial charge in [-0.15, -0.1) is 0 Å². The van der Waals surface area contributed by atoms with Crippen molar-refractivity contribution in [3.05, 3.63) is 131 Å². The van der Waals surface area contributed by atoms with Crippen LogP contribution in [0.4, 0.5) is 5.69 Å². The highest BCUT2D eigenvalue weighted by molar-refractivity contribution is 6.13. The van der Waals surface area contributed by atoms with Crippen molar-refractivity contribution in [3.63, 3.8) is 0 Å². The number of amides is 4. The number of phenols is 2. The fourth-order valence-corrected chi connectivity index (χ4v) is 9.17. The number of allylic oxidation sites excluding steroid dienone is 2. The zero-order valence-electron chi connectivity index (χ0n) is 28.9. The average molecular weight is 698 g/mol. The quantitative estimate of drug-likeness (QED) is 0.159. The van der Waals surface area contributed by atoms with Crippen molar-refractivity contribution < 1.29 is 34.1 Å². The van der Waals surface area contributed by atoms with E-state index in [1.54, 1.807) is 48.5 Å². The molecular weight excluding hydrogens is 658 g/mol. The van der Waals surface area contributed by atoms with Crippen LogP contribution >= 0.6 is 0 Å². The Hall–Kier alpha value is -5.90. The molecule has 0 unspecified atom stereocenters. The number of ether oxygens (including phenoxy) is 1. The summed E-state index contributed by atoms with van der Waals surface area (Å²) in [5.41, 5.74) is 5.83. The van der Waals surface area contributed by atoms with Crippen molar-refractivity contribution in [1.82, 2.24) is 9.91 Å². The number of rotatable bonds is 8. The predicted octanol–water partition coefficient (Wildman–Crippen LogP) is 5.64. The smallest absolute Gasteiger partial charge is 0.260 e. The molecule has 10 heteroatoms. The molecule has 1 saturated carbocycles. The molecule has 10 nitrogen and oxygen atoms in total. The Morgan fingerprint density at radius 3 is 2.29 bits per heavy atom. The number of methoxy groups -OCH3 is 1. The Bertz CT molecular complexity index is 2110. The van der Waals surface area contributed by atoms with E-state index in [0.29, 0.717) is 29.0 Å². The van der Waals surface area contributed by atoms with Crippen LogP contribution in [0.25, 0.3) is 0 Å². The second kappa shape index (κ2) is 12.7. The van der Waals surface area contributed by atoms with Crippen LogP contribution < -0.4 is 10.2 Å². The van der Waals surface area contributed by atoms with Crippen LogP contribution in [0.5, 0.6) is 17.2 Å². The molecule has 0 radical (unpaired) electrons.